The number of phosphoric acid groups is 1. The molecule has 0 heterocycles. The van der Waals surface area contributed by atoms with Crippen molar-refractivity contribution in [1.82, 2.24) is 0 Å². The maximum absolute atomic E-state index is 8.55. The van der Waals surface area contributed by atoms with Gasteiger partial charge in [0.2, 0.25) is 0 Å². The summed E-state index contributed by atoms with van der Waals surface area (Å²) in [5, 5.41) is 0. The van der Waals surface area contributed by atoms with Crippen LogP contribution in [0.25, 0.3) is 0 Å². The van der Waals surface area contributed by atoms with Crippen LogP contribution in [0, 0.1) is 0 Å². The third kappa shape index (κ3) is 92.9. The first-order chi connectivity index (χ1) is 2.00. The van der Waals surface area contributed by atoms with E-state index in [-0.39, 0.29) is 46.0 Å². The Hall–Kier alpha value is 1.60. The zero-order chi connectivity index (χ0) is 4.50. The van der Waals surface area contributed by atoms with Crippen LogP contribution in [0.5, 0.6) is 0 Å². The third-order valence-electron chi connectivity index (χ3n) is 0. The molecule has 0 amide bonds. The van der Waals surface area contributed by atoms with Crippen molar-refractivity contribution in [3.05, 3.63) is 0 Å². The second kappa shape index (κ2) is 5.74. The minimum atomic E-state index is -5.39. The van der Waals surface area contributed by atoms with Gasteiger partial charge in [-0.3, -0.25) is 0 Å². The van der Waals surface area contributed by atoms with E-state index in [2.05, 4.69) is 0 Å². The topological polar surface area (TPSA) is 86.2 Å². The molecule has 0 saturated carbocycles. The van der Waals surface area contributed by atoms with Gasteiger partial charge in [-0.15, -0.1) is 0 Å². The number of rotatable bonds is 0. The van der Waals surface area contributed by atoms with E-state index in [1.54, 1.807) is 0 Å². The molecule has 0 aliphatic carbocycles. The summed E-state index contributed by atoms with van der Waals surface area (Å²) >= 11 is 0. The van der Waals surface area contributed by atoms with E-state index in [1.807, 2.05) is 0 Å². The molecule has 0 saturated heterocycles. The smallest absolute Gasteiger partial charge is 0.822 e. The average Bonchev–Trinajstić information content (AvgIpc) is 0.722. The van der Waals surface area contributed by atoms with Crippen LogP contribution in [0.3, 0.4) is 0 Å². The first-order valence-electron chi connectivity index (χ1n) is 0.730. The Kier molecular flexibility index (Phi) is 13.0. The summed E-state index contributed by atoms with van der Waals surface area (Å²) in [4.78, 5) is 25.6. The van der Waals surface area contributed by atoms with Crippen molar-refractivity contribution in [2.75, 3.05) is 0 Å². The molecule has 0 aliphatic heterocycles. The molecule has 4 nitrogen and oxygen atoms in total. The standard InChI is InChI=1S/Na.Ni.H3O4P/c;;1-5(2,3)4/h;;(H3,1,2,3,4)/q+1;+2;/p-3. The van der Waals surface area contributed by atoms with Gasteiger partial charge in [-0.25, -0.2) is 0 Å². The zero-order valence-corrected chi connectivity index (χ0v) is 7.28. The van der Waals surface area contributed by atoms with Crippen molar-refractivity contribution in [3.8, 4) is 0 Å². The van der Waals surface area contributed by atoms with Crippen molar-refractivity contribution in [2.24, 2.45) is 0 Å². The predicted octanol–water partition coefficient (Wildman–Crippen LogP) is -5.82. The van der Waals surface area contributed by atoms with E-state index < -0.39 is 7.82 Å². The van der Waals surface area contributed by atoms with Crippen molar-refractivity contribution in [3.63, 3.8) is 0 Å². The second-order valence-electron chi connectivity index (χ2n) is 0.447. The Bertz CT molecular complexity index is 57.8. The largest absolute Gasteiger partial charge is 2.00 e. The maximum atomic E-state index is 8.55. The SMILES string of the molecule is O=P([O-])([O-])[O-].[Na+].[Ni+2]. The molecule has 7 heavy (non-hydrogen) atoms. The molecule has 0 spiro atoms. The van der Waals surface area contributed by atoms with Crippen molar-refractivity contribution >= 4 is 7.82 Å². The summed E-state index contributed by atoms with van der Waals surface area (Å²) in [6, 6.07) is 0. The third-order valence-corrected chi connectivity index (χ3v) is 0. The second-order valence-corrected chi connectivity index (χ2v) is 1.34. The molecule has 7 heteroatoms. The number of hydrogen-bond acceptors (Lipinski definition) is 4. The van der Waals surface area contributed by atoms with Crippen LogP contribution in [-0.4, -0.2) is 0 Å². The van der Waals surface area contributed by atoms with Gasteiger partial charge < -0.3 is 19.2 Å². The summed E-state index contributed by atoms with van der Waals surface area (Å²) in [7, 11) is -5.39. The van der Waals surface area contributed by atoms with E-state index in [1.165, 1.54) is 0 Å². The van der Waals surface area contributed by atoms with Crippen molar-refractivity contribution in [2.45, 2.75) is 0 Å². The van der Waals surface area contributed by atoms with Crippen LogP contribution in [0.15, 0.2) is 0 Å². The fourth-order valence-corrected chi connectivity index (χ4v) is 0. The first-order valence-corrected chi connectivity index (χ1v) is 2.19. The van der Waals surface area contributed by atoms with Gasteiger partial charge in [-0.2, -0.15) is 7.82 Å². The minimum Gasteiger partial charge on any atom is -0.822 e. The Balaban J connectivity index is -0.0000000800. The summed E-state index contributed by atoms with van der Waals surface area (Å²) in [6.07, 6.45) is 0. The molecule has 0 rings (SSSR count). The normalized spacial score (nSPS) is 8.43. The molecule has 0 unspecified atom stereocenters. The Morgan fingerprint density at radius 1 is 1.14 bits per heavy atom. The van der Waals surface area contributed by atoms with Gasteiger partial charge in [0.1, 0.15) is 0 Å². The van der Waals surface area contributed by atoms with Crippen LogP contribution in [0.2, 0.25) is 0 Å². The summed E-state index contributed by atoms with van der Waals surface area (Å²) in [5.41, 5.74) is 0. The van der Waals surface area contributed by atoms with Crippen LogP contribution >= 0.6 is 7.82 Å². The molecule has 0 bridgehead atoms. The molecule has 0 radical (unpaired) electrons. The van der Waals surface area contributed by atoms with E-state index >= 15 is 0 Å². The Morgan fingerprint density at radius 2 is 1.14 bits per heavy atom. The number of hydrogen-bond donors (Lipinski definition) is 0. The molecule has 40 valence electrons. The van der Waals surface area contributed by atoms with E-state index in [9.17, 15) is 0 Å². The minimum absolute atomic E-state index is 0. The monoisotopic (exact) mass is 176 g/mol. The molecule has 0 atom stereocenters. The van der Waals surface area contributed by atoms with Gasteiger partial charge in [-0.05, 0) is 0 Å². The van der Waals surface area contributed by atoms with E-state index in [4.69, 9.17) is 19.2 Å². The summed E-state index contributed by atoms with van der Waals surface area (Å²) < 4.78 is 8.55. The molecule has 0 aromatic heterocycles. The molecule has 0 aromatic carbocycles. The van der Waals surface area contributed by atoms with Crippen molar-refractivity contribution in [1.29, 1.82) is 0 Å². The molecular weight excluding hydrogens is 177 g/mol. The van der Waals surface area contributed by atoms with Gasteiger partial charge in [0.25, 0.3) is 0 Å². The van der Waals surface area contributed by atoms with Crippen LogP contribution in [0.4, 0.5) is 0 Å². The van der Waals surface area contributed by atoms with Gasteiger partial charge >= 0.3 is 46.0 Å². The van der Waals surface area contributed by atoms with Crippen LogP contribution in [0.1, 0.15) is 0 Å². The Labute approximate surface area is 72.8 Å². The van der Waals surface area contributed by atoms with Crippen molar-refractivity contribution < 1.29 is 65.3 Å². The Morgan fingerprint density at radius 3 is 1.14 bits per heavy atom. The molecule has 0 aromatic rings. The van der Waals surface area contributed by atoms with Gasteiger partial charge in [0, 0.05) is 0 Å². The summed E-state index contributed by atoms with van der Waals surface area (Å²) in [6.45, 7) is 0. The fourth-order valence-electron chi connectivity index (χ4n) is 0. The van der Waals surface area contributed by atoms with E-state index in [0.717, 1.165) is 0 Å². The van der Waals surface area contributed by atoms with E-state index in [0.29, 0.717) is 0 Å². The molecule has 0 fully saturated rings. The quantitative estimate of drug-likeness (QED) is 0.272. The first kappa shape index (κ1) is 15.8. The molecule has 0 aliphatic rings. The van der Waals surface area contributed by atoms with Gasteiger partial charge in [-0.1, -0.05) is 0 Å². The fraction of sp³-hybridized carbons (Fsp3) is 0. The summed E-state index contributed by atoms with van der Waals surface area (Å²) in [5.74, 6) is 0. The molecular formula is NaNiO4P. The maximum Gasteiger partial charge on any atom is 2.00 e. The molecule has 0 N–H and O–H groups in total. The van der Waals surface area contributed by atoms with Gasteiger partial charge in [0.15, 0.2) is 0 Å². The van der Waals surface area contributed by atoms with Crippen LogP contribution in [-0.2, 0) is 21.1 Å². The predicted molar refractivity (Wildman–Crippen MR) is 7.61 cm³/mol. The zero-order valence-electron chi connectivity index (χ0n) is 3.40. The van der Waals surface area contributed by atoms with Crippen LogP contribution < -0.4 is 44.2 Å². The average molecular weight is 177 g/mol. The van der Waals surface area contributed by atoms with Gasteiger partial charge in [0.05, 0.1) is 0 Å².